The van der Waals surface area contributed by atoms with Gasteiger partial charge in [-0.2, -0.15) is 10.2 Å². The molecule has 8 nitrogen and oxygen atoms in total. The Kier molecular flexibility index (Phi) is 4.05. The molecule has 0 aliphatic heterocycles. The number of carbonyl (C=O) groups is 1. The number of carbonyl (C=O) groups excluding carboxylic acids is 1. The second-order valence-electron chi connectivity index (χ2n) is 5.33. The fourth-order valence-electron chi connectivity index (χ4n) is 2.50. The number of nitrogens with zero attached hydrogens (tertiary/aromatic N) is 6. The maximum atomic E-state index is 12.6. The lowest BCUT2D eigenvalue weighted by Crippen LogP contribution is -2.30. The molecule has 0 saturated heterocycles. The van der Waals surface area contributed by atoms with Gasteiger partial charge in [0.2, 0.25) is 0 Å². The average molecular weight is 313 g/mol. The van der Waals surface area contributed by atoms with Crippen molar-refractivity contribution >= 4 is 11.6 Å². The molecule has 0 spiro atoms. The Balaban J connectivity index is 1.87. The first-order valence-corrected chi connectivity index (χ1v) is 7.62. The largest absolute Gasteiger partial charge is 0.342 e. The van der Waals surface area contributed by atoms with Gasteiger partial charge < -0.3 is 5.32 Å². The van der Waals surface area contributed by atoms with Gasteiger partial charge in [0.25, 0.3) is 5.91 Å². The molecule has 0 aliphatic rings. The highest BCUT2D eigenvalue weighted by molar-refractivity contribution is 5.99. The zero-order valence-corrected chi connectivity index (χ0v) is 13.4. The van der Waals surface area contributed by atoms with Crippen LogP contribution in [0.1, 0.15) is 48.1 Å². The summed E-state index contributed by atoms with van der Waals surface area (Å²) in [5.74, 6) is 0.539. The normalized spacial score (nSPS) is 12.5. The topological polar surface area (TPSA) is 90.0 Å². The first-order chi connectivity index (χ1) is 11.1. The van der Waals surface area contributed by atoms with Gasteiger partial charge in [0.05, 0.1) is 12.2 Å². The van der Waals surface area contributed by atoms with Crippen molar-refractivity contribution in [3.05, 3.63) is 41.9 Å². The SMILES string of the molecule is CC[C@H](NC(=O)c1cnn2cc(C)cnc12)c1ncnn1CC. The molecule has 0 radical (unpaired) electrons. The van der Waals surface area contributed by atoms with Crippen LogP contribution < -0.4 is 5.32 Å². The second kappa shape index (κ2) is 6.15. The summed E-state index contributed by atoms with van der Waals surface area (Å²) in [4.78, 5) is 21.2. The first-order valence-electron chi connectivity index (χ1n) is 7.62. The number of rotatable bonds is 5. The van der Waals surface area contributed by atoms with E-state index in [0.717, 1.165) is 17.8 Å². The van der Waals surface area contributed by atoms with Gasteiger partial charge in [0, 0.05) is 18.9 Å². The Hall–Kier alpha value is -2.77. The van der Waals surface area contributed by atoms with E-state index in [-0.39, 0.29) is 11.9 Å². The highest BCUT2D eigenvalue weighted by atomic mass is 16.1. The van der Waals surface area contributed by atoms with Gasteiger partial charge in [-0.15, -0.1) is 0 Å². The van der Waals surface area contributed by atoms with E-state index in [9.17, 15) is 4.79 Å². The van der Waals surface area contributed by atoms with Crippen molar-refractivity contribution in [3.8, 4) is 0 Å². The van der Waals surface area contributed by atoms with E-state index in [1.807, 2.05) is 27.0 Å². The van der Waals surface area contributed by atoms with E-state index in [4.69, 9.17) is 0 Å². The molecule has 120 valence electrons. The molecule has 3 heterocycles. The monoisotopic (exact) mass is 313 g/mol. The summed E-state index contributed by atoms with van der Waals surface area (Å²) >= 11 is 0. The molecule has 0 aliphatic carbocycles. The fraction of sp³-hybridized carbons (Fsp3) is 0.400. The molecule has 0 saturated carbocycles. The molecule has 0 fully saturated rings. The van der Waals surface area contributed by atoms with Gasteiger partial charge in [0.15, 0.2) is 5.65 Å². The van der Waals surface area contributed by atoms with Gasteiger partial charge in [-0.05, 0) is 25.8 Å². The smallest absolute Gasteiger partial charge is 0.257 e. The predicted molar refractivity (Wildman–Crippen MR) is 83.9 cm³/mol. The van der Waals surface area contributed by atoms with Gasteiger partial charge >= 0.3 is 0 Å². The average Bonchev–Trinajstić information content (AvgIpc) is 3.18. The van der Waals surface area contributed by atoms with Crippen LogP contribution in [0.3, 0.4) is 0 Å². The molecule has 23 heavy (non-hydrogen) atoms. The van der Waals surface area contributed by atoms with Crippen LogP contribution in [0.25, 0.3) is 5.65 Å². The number of nitrogens with one attached hydrogen (secondary N) is 1. The van der Waals surface area contributed by atoms with Crippen LogP contribution in [0.15, 0.2) is 24.9 Å². The van der Waals surface area contributed by atoms with Gasteiger partial charge in [-0.25, -0.2) is 19.2 Å². The lowest BCUT2D eigenvalue weighted by molar-refractivity contribution is 0.0934. The van der Waals surface area contributed by atoms with E-state index in [2.05, 4.69) is 25.5 Å². The van der Waals surface area contributed by atoms with Crippen LogP contribution in [0, 0.1) is 6.92 Å². The predicted octanol–water partition coefficient (Wildman–Crippen LogP) is 1.53. The Labute approximate surface area is 133 Å². The second-order valence-corrected chi connectivity index (χ2v) is 5.33. The summed E-state index contributed by atoms with van der Waals surface area (Å²) < 4.78 is 3.39. The molecule has 1 N–H and O–H groups in total. The maximum absolute atomic E-state index is 12.6. The molecule has 1 amide bonds. The molecule has 8 heteroatoms. The van der Waals surface area contributed by atoms with Crippen LogP contribution in [0.5, 0.6) is 0 Å². The molecule has 3 aromatic heterocycles. The third kappa shape index (κ3) is 2.79. The molecule has 0 unspecified atom stereocenters. The van der Waals surface area contributed by atoms with E-state index < -0.39 is 0 Å². The summed E-state index contributed by atoms with van der Waals surface area (Å²) in [5, 5.41) is 11.3. The van der Waals surface area contributed by atoms with Crippen molar-refractivity contribution in [2.75, 3.05) is 0 Å². The third-order valence-electron chi connectivity index (χ3n) is 3.70. The van der Waals surface area contributed by atoms with Gasteiger partial charge in [-0.1, -0.05) is 6.92 Å². The summed E-state index contributed by atoms with van der Waals surface area (Å²) in [6.45, 7) is 6.62. The van der Waals surface area contributed by atoms with Crippen molar-refractivity contribution in [2.24, 2.45) is 0 Å². The van der Waals surface area contributed by atoms with Crippen molar-refractivity contribution < 1.29 is 4.79 Å². The molecular formula is C15H19N7O. The lowest BCUT2D eigenvalue weighted by Gasteiger charge is -2.16. The minimum absolute atomic E-state index is 0.203. The zero-order valence-electron chi connectivity index (χ0n) is 13.4. The standard InChI is InChI=1S/C15H19N7O/c1-4-12(14-17-9-19-21(14)5-2)20-15(23)11-7-18-22-8-10(3)6-16-13(11)22/h6-9,12H,4-5H2,1-3H3,(H,20,23)/t12-/m0/s1. The third-order valence-corrected chi connectivity index (χ3v) is 3.70. The van der Waals surface area contributed by atoms with Gasteiger partial charge in [0.1, 0.15) is 17.7 Å². The maximum Gasteiger partial charge on any atom is 0.257 e. The molecule has 0 aromatic carbocycles. The Morgan fingerprint density at radius 2 is 2.09 bits per heavy atom. The summed E-state index contributed by atoms with van der Waals surface area (Å²) in [7, 11) is 0. The Bertz CT molecular complexity index is 835. The summed E-state index contributed by atoms with van der Waals surface area (Å²) in [5.41, 5.74) is 1.97. The fourth-order valence-corrected chi connectivity index (χ4v) is 2.50. The highest BCUT2D eigenvalue weighted by Crippen LogP contribution is 2.16. The van der Waals surface area contributed by atoms with Crippen LogP contribution in [-0.2, 0) is 6.54 Å². The molecular weight excluding hydrogens is 294 g/mol. The molecule has 1 atom stereocenters. The van der Waals surface area contributed by atoms with Crippen molar-refractivity contribution in [1.82, 2.24) is 34.7 Å². The first kappa shape index (κ1) is 15.1. The lowest BCUT2D eigenvalue weighted by atomic mass is 10.2. The van der Waals surface area contributed by atoms with E-state index in [1.165, 1.54) is 12.5 Å². The van der Waals surface area contributed by atoms with Crippen LogP contribution in [-0.4, -0.2) is 35.3 Å². The van der Waals surface area contributed by atoms with Crippen molar-refractivity contribution in [2.45, 2.75) is 39.8 Å². The van der Waals surface area contributed by atoms with Gasteiger partial charge in [-0.3, -0.25) is 4.79 Å². The quantitative estimate of drug-likeness (QED) is 0.771. The molecule has 0 bridgehead atoms. The van der Waals surface area contributed by atoms with Crippen LogP contribution in [0.4, 0.5) is 0 Å². The summed E-state index contributed by atoms with van der Waals surface area (Å²) in [6, 6.07) is -0.203. The highest BCUT2D eigenvalue weighted by Gasteiger charge is 2.21. The minimum atomic E-state index is -0.214. The van der Waals surface area contributed by atoms with E-state index in [0.29, 0.717) is 17.8 Å². The zero-order chi connectivity index (χ0) is 16.4. The number of aryl methyl sites for hydroxylation is 2. The van der Waals surface area contributed by atoms with Crippen molar-refractivity contribution in [3.63, 3.8) is 0 Å². The molecule has 3 aromatic rings. The van der Waals surface area contributed by atoms with E-state index in [1.54, 1.807) is 15.4 Å². The van der Waals surface area contributed by atoms with E-state index >= 15 is 0 Å². The van der Waals surface area contributed by atoms with Crippen LogP contribution in [0.2, 0.25) is 0 Å². The Morgan fingerprint density at radius 3 is 2.83 bits per heavy atom. The number of fused-ring (bicyclic) bond motifs is 1. The number of aromatic nitrogens is 6. The van der Waals surface area contributed by atoms with Crippen LogP contribution >= 0.6 is 0 Å². The number of amides is 1. The minimum Gasteiger partial charge on any atom is -0.342 e. The van der Waals surface area contributed by atoms with Crippen molar-refractivity contribution in [1.29, 1.82) is 0 Å². The number of hydrogen-bond acceptors (Lipinski definition) is 5. The Morgan fingerprint density at radius 1 is 1.26 bits per heavy atom. The number of hydrogen-bond donors (Lipinski definition) is 1. The summed E-state index contributed by atoms with van der Waals surface area (Å²) in [6.07, 6.45) is 7.32. The molecule has 3 rings (SSSR count).